The zero-order valence-corrected chi connectivity index (χ0v) is 16.4. The molecule has 4 heterocycles. The van der Waals surface area contributed by atoms with Crippen LogP contribution in [0.5, 0.6) is 11.5 Å². The van der Waals surface area contributed by atoms with Crippen molar-refractivity contribution in [2.75, 3.05) is 25.2 Å². The van der Waals surface area contributed by atoms with Crippen molar-refractivity contribution in [3.63, 3.8) is 0 Å². The average Bonchev–Trinajstić information content (AvgIpc) is 3.42. The molecule has 0 radical (unpaired) electrons. The third-order valence-corrected chi connectivity index (χ3v) is 5.38. The number of ether oxygens (including phenoxy) is 2. The summed E-state index contributed by atoms with van der Waals surface area (Å²) >= 11 is 0. The fourth-order valence-corrected chi connectivity index (χ4v) is 3.91. The molecule has 5 rings (SSSR count). The first kappa shape index (κ1) is 18.6. The summed E-state index contributed by atoms with van der Waals surface area (Å²) in [6, 6.07) is 11.1. The number of nitrogens with one attached hydrogen (secondary N) is 2. The zero-order valence-electron chi connectivity index (χ0n) is 16.4. The summed E-state index contributed by atoms with van der Waals surface area (Å²) in [7, 11) is 0. The SMILES string of the molecule is O=C(Nc1ccc2c(c1)OCO2)c1nnn(Cc2ccccn2)c1C1CCNCC1. The average molecular weight is 406 g/mol. The number of anilines is 1. The van der Waals surface area contributed by atoms with Crippen LogP contribution in [0.3, 0.4) is 0 Å². The number of hydrogen-bond donors (Lipinski definition) is 2. The summed E-state index contributed by atoms with van der Waals surface area (Å²) in [5, 5.41) is 14.9. The standard InChI is InChI=1S/C21H22N6O3/c28-21(24-15-4-5-17-18(11-15)30-13-29-17)19-20(14-6-9-22-10-7-14)27(26-25-19)12-16-3-1-2-8-23-16/h1-5,8,11,14,22H,6-7,9-10,12-13H2,(H,24,28). The number of fused-ring (bicyclic) bond motifs is 1. The first-order chi connectivity index (χ1) is 14.8. The van der Waals surface area contributed by atoms with Crippen LogP contribution < -0.4 is 20.1 Å². The third-order valence-electron chi connectivity index (χ3n) is 5.38. The molecule has 1 aromatic carbocycles. The molecule has 0 spiro atoms. The first-order valence-corrected chi connectivity index (χ1v) is 10.0. The molecule has 1 fully saturated rings. The van der Waals surface area contributed by atoms with Crippen molar-refractivity contribution in [1.82, 2.24) is 25.3 Å². The lowest BCUT2D eigenvalue weighted by Crippen LogP contribution is -2.29. The minimum absolute atomic E-state index is 0.189. The molecule has 2 aliphatic rings. The largest absolute Gasteiger partial charge is 0.454 e. The van der Waals surface area contributed by atoms with Crippen molar-refractivity contribution in [2.24, 2.45) is 0 Å². The van der Waals surface area contributed by atoms with Crippen LogP contribution in [-0.2, 0) is 6.54 Å². The molecule has 1 amide bonds. The molecular weight excluding hydrogens is 384 g/mol. The molecule has 0 aliphatic carbocycles. The Hall–Kier alpha value is -3.46. The zero-order chi connectivity index (χ0) is 20.3. The van der Waals surface area contributed by atoms with E-state index < -0.39 is 0 Å². The van der Waals surface area contributed by atoms with Gasteiger partial charge in [-0.3, -0.25) is 9.78 Å². The first-order valence-electron chi connectivity index (χ1n) is 10.0. The van der Waals surface area contributed by atoms with Crippen LogP contribution >= 0.6 is 0 Å². The highest BCUT2D eigenvalue weighted by molar-refractivity contribution is 6.03. The minimum Gasteiger partial charge on any atom is -0.454 e. The molecule has 2 aromatic heterocycles. The van der Waals surface area contributed by atoms with Crippen molar-refractivity contribution < 1.29 is 14.3 Å². The summed E-state index contributed by atoms with van der Waals surface area (Å²) in [4.78, 5) is 17.5. The summed E-state index contributed by atoms with van der Waals surface area (Å²) in [5.74, 6) is 1.21. The van der Waals surface area contributed by atoms with Crippen LogP contribution in [0.15, 0.2) is 42.6 Å². The number of benzene rings is 1. The highest BCUT2D eigenvalue weighted by Gasteiger charge is 2.28. The summed E-state index contributed by atoms with van der Waals surface area (Å²) < 4.78 is 12.5. The number of nitrogens with zero attached hydrogens (tertiary/aromatic N) is 4. The van der Waals surface area contributed by atoms with E-state index in [9.17, 15) is 4.79 Å². The van der Waals surface area contributed by atoms with E-state index in [-0.39, 0.29) is 18.6 Å². The number of amides is 1. The van der Waals surface area contributed by atoms with Gasteiger partial charge in [0.2, 0.25) is 6.79 Å². The van der Waals surface area contributed by atoms with E-state index >= 15 is 0 Å². The maximum Gasteiger partial charge on any atom is 0.278 e. The predicted octanol–water partition coefficient (Wildman–Crippen LogP) is 2.17. The van der Waals surface area contributed by atoms with Crippen LogP contribution in [0.25, 0.3) is 0 Å². The number of rotatable bonds is 5. The van der Waals surface area contributed by atoms with E-state index in [1.807, 2.05) is 22.9 Å². The maximum absolute atomic E-state index is 13.1. The van der Waals surface area contributed by atoms with Gasteiger partial charge in [0.1, 0.15) is 0 Å². The molecular formula is C21H22N6O3. The van der Waals surface area contributed by atoms with E-state index in [0.717, 1.165) is 37.3 Å². The Bertz CT molecular complexity index is 1050. The Labute approximate surface area is 173 Å². The molecule has 2 aliphatic heterocycles. The molecule has 3 aromatic rings. The number of aromatic nitrogens is 4. The molecule has 9 nitrogen and oxygen atoms in total. The molecule has 0 atom stereocenters. The van der Waals surface area contributed by atoms with E-state index in [1.54, 1.807) is 24.4 Å². The lowest BCUT2D eigenvalue weighted by atomic mass is 9.92. The number of piperidine rings is 1. The second-order valence-electron chi connectivity index (χ2n) is 7.35. The van der Waals surface area contributed by atoms with Gasteiger partial charge in [-0.15, -0.1) is 5.10 Å². The van der Waals surface area contributed by atoms with Crippen molar-refractivity contribution in [3.8, 4) is 11.5 Å². The summed E-state index contributed by atoms with van der Waals surface area (Å²) in [5.41, 5.74) is 2.72. The minimum atomic E-state index is -0.283. The van der Waals surface area contributed by atoms with Crippen molar-refractivity contribution in [2.45, 2.75) is 25.3 Å². The van der Waals surface area contributed by atoms with Gasteiger partial charge in [0, 0.05) is 23.9 Å². The van der Waals surface area contributed by atoms with E-state index in [1.165, 1.54) is 0 Å². The number of carbonyl (C=O) groups excluding carboxylic acids is 1. The lowest BCUT2D eigenvalue weighted by Gasteiger charge is -2.23. The van der Waals surface area contributed by atoms with Gasteiger partial charge in [0.15, 0.2) is 17.2 Å². The molecule has 0 saturated carbocycles. The van der Waals surface area contributed by atoms with Crippen molar-refractivity contribution in [1.29, 1.82) is 0 Å². The van der Waals surface area contributed by atoms with Gasteiger partial charge in [0.25, 0.3) is 5.91 Å². The van der Waals surface area contributed by atoms with Gasteiger partial charge in [-0.25, -0.2) is 4.68 Å². The second kappa shape index (κ2) is 8.11. The smallest absolute Gasteiger partial charge is 0.278 e. The molecule has 9 heteroatoms. The molecule has 154 valence electrons. The number of carbonyl (C=O) groups is 1. The van der Waals surface area contributed by atoms with E-state index in [2.05, 4.69) is 25.9 Å². The van der Waals surface area contributed by atoms with E-state index in [4.69, 9.17) is 9.47 Å². The maximum atomic E-state index is 13.1. The number of hydrogen-bond acceptors (Lipinski definition) is 7. The molecule has 1 saturated heterocycles. The van der Waals surface area contributed by atoms with Crippen LogP contribution in [0, 0.1) is 0 Å². The monoisotopic (exact) mass is 406 g/mol. The molecule has 2 N–H and O–H groups in total. The van der Waals surface area contributed by atoms with E-state index in [0.29, 0.717) is 29.4 Å². The van der Waals surface area contributed by atoms with Crippen molar-refractivity contribution >= 4 is 11.6 Å². The number of pyridine rings is 1. The van der Waals surface area contributed by atoms with Gasteiger partial charge in [-0.05, 0) is 50.2 Å². The van der Waals surface area contributed by atoms with Crippen molar-refractivity contribution in [3.05, 3.63) is 59.7 Å². The van der Waals surface area contributed by atoms with Gasteiger partial charge < -0.3 is 20.1 Å². The quantitative estimate of drug-likeness (QED) is 0.669. The lowest BCUT2D eigenvalue weighted by molar-refractivity contribution is 0.102. The Morgan fingerprint density at radius 2 is 2.03 bits per heavy atom. The Morgan fingerprint density at radius 1 is 1.17 bits per heavy atom. The summed E-state index contributed by atoms with van der Waals surface area (Å²) in [6.07, 6.45) is 3.61. The van der Waals surface area contributed by atoms with Crippen LogP contribution in [-0.4, -0.2) is 45.8 Å². The molecule has 0 bridgehead atoms. The topological polar surface area (TPSA) is 103 Å². The van der Waals surface area contributed by atoms with Crippen LogP contribution in [0.2, 0.25) is 0 Å². The Balaban J connectivity index is 1.43. The molecule has 0 unspecified atom stereocenters. The Morgan fingerprint density at radius 3 is 2.87 bits per heavy atom. The van der Waals surface area contributed by atoms with Gasteiger partial charge in [-0.1, -0.05) is 11.3 Å². The Kier molecular flexibility index (Phi) is 5.02. The summed E-state index contributed by atoms with van der Waals surface area (Å²) in [6.45, 7) is 2.48. The van der Waals surface area contributed by atoms with Gasteiger partial charge in [0.05, 0.1) is 17.9 Å². The highest BCUT2D eigenvalue weighted by atomic mass is 16.7. The fraction of sp³-hybridized carbons (Fsp3) is 0.333. The van der Waals surface area contributed by atoms with Gasteiger partial charge >= 0.3 is 0 Å². The third kappa shape index (κ3) is 3.71. The highest BCUT2D eigenvalue weighted by Crippen LogP contribution is 2.34. The predicted molar refractivity (Wildman–Crippen MR) is 109 cm³/mol. The fourth-order valence-electron chi connectivity index (χ4n) is 3.91. The van der Waals surface area contributed by atoms with Gasteiger partial charge in [-0.2, -0.15) is 0 Å². The normalized spacial score (nSPS) is 15.9. The van der Waals surface area contributed by atoms with Crippen LogP contribution in [0.1, 0.15) is 40.6 Å². The second-order valence-corrected chi connectivity index (χ2v) is 7.35. The molecule has 30 heavy (non-hydrogen) atoms. The van der Waals surface area contributed by atoms with Crippen LogP contribution in [0.4, 0.5) is 5.69 Å².